The van der Waals surface area contributed by atoms with Gasteiger partial charge in [-0.15, -0.1) is 0 Å². The summed E-state index contributed by atoms with van der Waals surface area (Å²) in [4.78, 5) is 24.7. The molecular formula is C22H22F3NO5S. The number of esters is 1. The van der Waals surface area contributed by atoms with Crippen LogP contribution in [0.15, 0.2) is 47.4 Å². The van der Waals surface area contributed by atoms with Crippen LogP contribution in [-0.4, -0.2) is 44.2 Å². The molecule has 0 spiro atoms. The molecule has 0 bridgehead atoms. The lowest BCUT2D eigenvalue weighted by Crippen LogP contribution is -2.35. The smallest absolute Gasteiger partial charge is 0.416 e. The van der Waals surface area contributed by atoms with Crippen LogP contribution in [0.1, 0.15) is 51.1 Å². The summed E-state index contributed by atoms with van der Waals surface area (Å²) in [6, 6.07) is 7.90. The third-order valence-electron chi connectivity index (χ3n) is 5.23. The minimum atomic E-state index is -4.61. The van der Waals surface area contributed by atoms with Gasteiger partial charge in [-0.3, -0.25) is 4.79 Å². The minimum Gasteiger partial charge on any atom is -0.454 e. The number of ketones is 1. The molecule has 0 aliphatic carbocycles. The SMILES string of the molecule is Cc1ccc(S(=O)(=O)N2CCCCC2)cc1C(=O)OCC(=O)c1cccc(C(F)(F)F)c1. The van der Waals surface area contributed by atoms with Crippen LogP contribution in [0.25, 0.3) is 0 Å². The molecule has 1 aliphatic rings. The van der Waals surface area contributed by atoms with Crippen LogP contribution in [-0.2, 0) is 20.9 Å². The molecule has 1 fully saturated rings. The van der Waals surface area contributed by atoms with E-state index in [1.54, 1.807) is 6.92 Å². The molecule has 0 unspecified atom stereocenters. The maximum absolute atomic E-state index is 12.9. The number of hydrogen-bond acceptors (Lipinski definition) is 5. The lowest BCUT2D eigenvalue weighted by Gasteiger charge is -2.26. The Kier molecular flexibility index (Phi) is 7.04. The Labute approximate surface area is 184 Å². The summed E-state index contributed by atoms with van der Waals surface area (Å²) in [5.41, 5.74) is -0.814. The Bertz CT molecular complexity index is 1120. The molecule has 0 aromatic heterocycles. The standard InChI is InChI=1S/C22H22F3NO5S/c1-15-8-9-18(32(29,30)26-10-3-2-4-11-26)13-19(15)21(28)31-14-20(27)16-6-5-7-17(12-16)22(23,24)25/h5-9,12-13H,2-4,10-11,14H2,1H3. The molecule has 1 saturated heterocycles. The van der Waals surface area contributed by atoms with Crippen molar-refractivity contribution in [2.45, 2.75) is 37.3 Å². The maximum Gasteiger partial charge on any atom is 0.416 e. The fourth-order valence-corrected chi connectivity index (χ4v) is 4.94. The third kappa shape index (κ3) is 5.36. The number of carbonyl (C=O) groups excluding carboxylic acids is 2. The van der Waals surface area contributed by atoms with Gasteiger partial charge in [0.05, 0.1) is 16.0 Å². The highest BCUT2D eigenvalue weighted by Gasteiger charge is 2.31. The highest BCUT2D eigenvalue weighted by molar-refractivity contribution is 7.89. The summed E-state index contributed by atoms with van der Waals surface area (Å²) in [6.07, 6.45) is -2.13. The van der Waals surface area contributed by atoms with Crippen molar-refractivity contribution >= 4 is 21.8 Å². The number of rotatable bonds is 6. The number of piperidine rings is 1. The number of alkyl halides is 3. The number of ether oxygens (including phenoxy) is 1. The first-order valence-electron chi connectivity index (χ1n) is 9.98. The fraction of sp³-hybridized carbons (Fsp3) is 0.364. The maximum atomic E-state index is 12.9. The average Bonchev–Trinajstić information content (AvgIpc) is 2.77. The largest absolute Gasteiger partial charge is 0.454 e. The summed E-state index contributed by atoms with van der Waals surface area (Å²) in [6.45, 7) is 1.62. The number of carbonyl (C=O) groups is 2. The summed E-state index contributed by atoms with van der Waals surface area (Å²) in [7, 11) is -3.78. The first-order chi connectivity index (χ1) is 15.0. The van der Waals surface area contributed by atoms with Crippen molar-refractivity contribution in [1.82, 2.24) is 4.31 Å². The van der Waals surface area contributed by atoms with E-state index >= 15 is 0 Å². The molecule has 0 radical (unpaired) electrons. The Morgan fingerprint density at radius 3 is 2.38 bits per heavy atom. The predicted molar refractivity (Wildman–Crippen MR) is 110 cm³/mol. The molecule has 3 rings (SSSR count). The third-order valence-corrected chi connectivity index (χ3v) is 7.12. The van der Waals surface area contributed by atoms with E-state index in [4.69, 9.17) is 4.74 Å². The van der Waals surface area contributed by atoms with Gasteiger partial charge in [0.25, 0.3) is 0 Å². The van der Waals surface area contributed by atoms with Gasteiger partial charge >= 0.3 is 12.1 Å². The van der Waals surface area contributed by atoms with E-state index in [2.05, 4.69) is 0 Å². The van der Waals surface area contributed by atoms with Crippen molar-refractivity contribution in [3.05, 3.63) is 64.7 Å². The van der Waals surface area contributed by atoms with E-state index in [0.29, 0.717) is 24.7 Å². The molecule has 10 heteroatoms. The molecule has 1 heterocycles. The van der Waals surface area contributed by atoms with E-state index in [9.17, 15) is 31.2 Å². The van der Waals surface area contributed by atoms with Gasteiger partial charge in [-0.1, -0.05) is 24.6 Å². The van der Waals surface area contributed by atoms with Gasteiger partial charge < -0.3 is 4.74 Å². The molecule has 0 amide bonds. The van der Waals surface area contributed by atoms with E-state index in [1.807, 2.05) is 0 Å². The van der Waals surface area contributed by atoms with Crippen molar-refractivity contribution in [3.8, 4) is 0 Å². The van der Waals surface area contributed by atoms with Gasteiger partial charge in [-0.25, -0.2) is 13.2 Å². The second kappa shape index (κ2) is 9.41. The number of hydrogen-bond donors (Lipinski definition) is 0. The highest BCUT2D eigenvalue weighted by atomic mass is 32.2. The van der Waals surface area contributed by atoms with Crippen LogP contribution >= 0.6 is 0 Å². The molecule has 1 aliphatic heterocycles. The second-order valence-electron chi connectivity index (χ2n) is 7.52. The Hall–Kier alpha value is -2.72. The molecule has 0 saturated carbocycles. The second-order valence-corrected chi connectivity index (χ2v) is 9.46. The van der Waals surface area contributed by atoms with Gasteiger partial charge in [0.2, 0.25) is 10.0 Å². The number of sulfonamides is 1. The molecule has 32 heavy (non-hydrogen) atoms. The van der Waals surface area contributed by atoms with Crippen LogP contribution in [0.4, 0.5) is 13.2 Å². The van der Waals surface area contributed by atoms with Gasteiger partial charge in [-0.2, -0.15) is 17.5 Å². The van der Waals surface area contributed by atoms with Gasteiger partial charge in [-0.05, 0) is 49.6 Å². The van der Waals surface area contributed by atoms with Crippen molar-refractivity contribution < 1.29 is 35.9 Å². The molecule has 0 atom stereocenters. The minimum absolute atomic E-state index is 0.0278. The topological polar surface area (TPSA) is 80.8 Å². The predicted octanol–water partition coefficient (Wildman–Crippen LogP) is 4.23. The normalized spacial score (nSPS) is 15.4. The van der Waals surface area contributed by atoms with Gasteiger partial charge in [0.15, 0.2) is 12.4 Å². The number of halogens is 3. The van der Waals surface area contributed by atoms with Gasteiger partial charge in [0.1, 0.15) is 0 Å². The van der Waals surface area contributed by atoms with Crippen LogP contribution < -0.4 is 0 Å². The lowest BCUT2D eigenvalue weighted by molar-refractivity contribution is -0.137. The molecule has 0 N–H and O–H groups in total. The zero-order valence-electron chi connectivity index (χ0n) is 17.3. The number of aryl methyl sites for hydroxylation is 1. The fourth-order valence-electron chi connectivity index (χ4n) is 3.40. The van der Waals surface area contributed by atoms with Crippen LogP contribution in [0.2, 0.25) is 0 Å². The molecular weight excluding hydrogens is 447 g/mol. The van der Waals surface area contributed by atoms with Crippen LogP contribution in [0.3, 0.4) is 0 Å². The van der Waals surface area contributed by atoms with E-state index in [1.165, 1.54) is 28.6 Å². The zero-order chi connectivity index (χ0) is 23.5. The van der Waals surface area contributed by atoms with E-state index in [0.717, 1.165) is 31.4 Å². The Balaban J connectivity index is 1.74. The molecule has 2 aromatic rings. The first kappa shape index (κ1) is 23.9. The quantitative estimate of drug-likeness (QED) is 0.467. The van der Waals surface area contributed by atoms with E-state index < -0.39 is 40.1 Å². The lowest BCUT2D eigenvalue weighted by atomic mass is 10.1. The number of benzene rings is 2. The molecule has 6 nitrogen and oxygen atoms in total. The van der Waals surface area contributed by atoms with E-state index in [-0.39, 0.29) is 16.0 Å². The van der Waals surface area contributed by atoms with Crippen LogP contribution in [0, 0.1) is 6.92 Å². The monoisotopic (exact) mass is 469 g/mol. The van der Waals surface area contributed by atoms with Crippen LogP contribution in [0.5, 0.6) is 0 Å². The Morgan fingerprint density at radius 1 is 1.03 bits per heavy atom. The van der Waals surface area contributed by atoms with Crippen molar-refractivity contribution in [3.63, 3.8) is 0 Å². The average molecular weight is 469 g/mol. The van der Waals surface area contributed by atoms with Gasteiger partial charge in [0, 0.05) is 18.7 Å². The molecule has 2 aromatic carbocycles. The zero-order valence-corrected chi connectivity index (χ0v) is 18.1. The number of nitrogens with zero attached hydrogens (tertiary/aromatic N) is 1. The summed E-state index contributed by atoms with van der Waals surface area (Å²) >= 11 is 0. The summed E-state index contributed by atoms with van der Waals surface area (Å²) < 4.78 is 70.6. The van der Waals surface area contributed by atoms with Crippen molar-refractivity contribution in [1.29, 1.82) is 0 Å². The van der Waals surface area contributed by atoms with Crippen molar-refractivity contribution in [2.24, 2.45) is 0 Å². The molecule has 172 valence electrons. The Morgan fingerprint density at radius 2 is 1.72 bits per heavy atom. The highest BCUT2D eigenvalue weighted by Crippen LogP contribution is 2.29. The van der Waals surface area contributed by atoms with Crippen molar-refractivity contribution in [2.75, 3.05) is 19.7 Å². The first-order valence-corrected chi connectivity index (χ1v) is 11.4. The number of Topliss-reactive ketones (excluding diaryl/α,β-unsaturated/α-hetero) is 1. The summed E-state index contributed by atoms with van der Waals surface area (Å²) in [5.74, 6) is -1.74. The summed E-state index contributed by atoms with van der Waals surface area (Å²) in [5, 5.41) is 0.